The molecule has 96 valence electrons. The molecule has 0 radical (unpaired) electrons. The molecule has 18 heavy (non-hydrogen) atoms. The SMILES string of the molecule is CC(C)Cc1nc(N)nc(Nc2ccn(C)n2)n1. The van der Waals surface area contributed by atoms with Crippen molar-refractivity contribution in [2.75, 3.05) is 11.1 Å². The van der Waals surface area contributed by atoms with Crippen LogP contribution in [0, 0.1) is 5.92 Å². The molecule has 0 atom stereocenters. The maximum Gasteiger partial charge on any atom is 0.233 e. The Kier molecular flexibility index (Phi) is 3.40. The topological polar surface area (TPSA) is 94.5 Å². The van der Waals surface area contributed by atoms with E-state index in [1.807, 2.05) is 19.3 Å². The number of aromatic nitrogens is 5. The molecule has 0 saturated heterocycles. The van der Waals surface area contributed by atoms with E-state index in [1.54, 1.807) is 4.68 Å². The van der Waals surface area contributed by atoms with E-state index in [2.05, 4.69) is 39.2 Å². The van der Waals surface area contributed by atoms with Crippen LogP contribution in [0.2, 0.25) is 0 Å². The highest BCUT2D eigenvalue weighted by molar-refractivity contribution is 5.47. The zero-order valence-corrected chi connectivity index (χ0v) is 10.8. The molecule has 0 aliphatic rings. The molecule has 7 nitrogen and oxygen atoms in total. The van der Waals surface area contributed by atoms with Gasteiger partial charge in [-0.05, 0) is 5.92 Å². The van der Waals surface area contributed by atoms with E-state index >= 15 is 0 Å². The van der Waals surface area contributed by atoms with Gasteiger partial charge in [0.1, 0.15) is 5.82 Å². The quantitative estimate of drug-likeness (QED) is 0.841. The first-order valence-corrected chi connectivity index (χ1v) is 5.80. The van der Waals surface area contributed by atoms with Crippen molar-refractivity contribution >= 4 is 17.7 Å². The summed E-state index contributed by atoms with van der Waals surface area (Å²) in [7, 11) is 1.84. The smallest absolute Gasteiger partial charge is 0.233 e. The van der Waals surface area contributed by atoms with Gasteiger partial charge >= 0.3 is 0 Å². The first kappa shape index (κ1) is 12.3. The summed E-state index contributed by atoms with van der Waals surface area (Å²) in [5.41, 5.74) is 5.67. The molecule has 0 spiro atoms. The number of rotatable bonds is 4. The van der Waals surface area contributed by atoms with Gasteiger partial charge in [0, 0.05) is 25.7 Å². The Bertz CT molecular complexity index is 532. The average molecular weight is 247 g/mol. The molecule has 0 saturated carbocycles. The molecule has 0 aromatic carbocycles. The number of nitrogens with one attached hydrogen (secondary N) is 1. The molecule has 0 aliphatic heterocycles. The van der Waals surface area contributed by atoms with E-state index in [0.717, 1.165) is 6.42 Å². The minimum atomic E-state index is 0.221. The molecular weight excluding hydrogens is 230 g/mol. The van der Waals surface area contributed by atoms with Gasteiger partial charge in [0.15, 0.2) is 5.82 Å². The fourth-order valence-electron chi connectivity index (χ4n) is 1.55. The van der Waals surface area contributed by atoms with Crippen molar-refractivity contribution in [2.45, 2.75) is 20.3 Å². The lowest BCUT2D eigenvalue weighted by Gasteiger charge is -2.06. The van der Waals surface area contributed by atoms with Crippen LogP contribution in [0.5, 0.6) is 0 Å². The number of hydrogen-bond donors (Lipinski definition) is 2. The summed E-state index contributed by atoms with van der Waals surface area (Å²) < 4.78 is 1.70. The highest BCUT2D eigenvalue weighted by Crippen LogP contribution is 2.12. The maximum absolute atomic E-state index is 5.67. The Labute approximate surface area is 105 Å². The van der Waals surface area contributed by atoms with Crippen molar-refractivity contribution in [1.82, 2.24) is 24.7 Å². The monoisotopic (exact) mass is 247 g/mol. The van der Waals surface area contributed by atoms with E-state index in [-0.39, 0.29) is 5.95 Å². The van der Waals surface area contributed by atoms with E-state index in [0.29, 0.717) is 23.5 Å². The normalized spacial score (nSPS) is 10.9. The van der Waals surface area contributed by atoms with Crippen molar-refractivity contribution in [3.8, 4) is 0 Å². The molecule has 2 aromatic heterocycles. The van der Waals surface area contributed by atoms with Crippen LogP contribution in [0.15, 0.2) is 12.3 Å². The van der Waals surface area contributed by atoms with Crippen molar-refractivity contribution in [2.24, 2.45) is 13.0 Å². The van der Waals surface area contributed by atoms with E-state index in [1.165, 1.54) is 0 Å². The van der Waals surface area contributed by atoms with E-state index in [4.69, 9.17) is 5.73 Å². The van der Waals surface area contributed by atoms with Crippen LogP contribution in [0.3, 0.4) is 0 Å². The minimum absolute atomic E-state index is 0.221. The van der Waals surface area contributed by atoms with Crippen molar-refractivity contribution in [3.05, 3.63) is 18.1 Å². The van der Waals surface area contributed by atoms with Crippen LogP contribution in [-0.4, -0.2) is 24.7 Å². The van der Waals surface area contributed by atoms with Gasteiger partial charge in [0.25, 0.3) is 0 Å². The van der Waals surface area contributed by atoms with Gasteiger partial charge in [-0.15, -0.1) is 0 Å². The lowest BCUT2D eigenvalue weighted by Crippen LogP contribution is -2.09. The van der Waals surface area contributed by atoms with Crippen LogP contribution >= 0.6 is 0 Å². The summed E-state index contributed by atoms with van der Waals surface area (Å²) in [4.78, 5) is 12.5. The zero-order valence-electron chi connectivity index (χ0n) is 10.8. The Morgan fingerprint density at radius 2 is 2.11 bits per heavy atom. The summed E-state index contributed by atoms with van der Waals surface area (Å²) >= 11 is 0. The lowest BCUT2D eigenvalue weighted by atomic mass is 10.1. The first-order chi connectivity index (χ1) is 8.52. The van der Waals surface area contributed by atoms with Gasteiger partial charge in [-0.1, -0.05) is 13.8 Å². The van der Waals surface area contributed by atoms with Gasteiger partial charge in [-0.3, -0.25) is 4.68 Å². The predicted octanol–water partition coefficient (Wildman–Crippen LogP) is 1.13. The molecule has 0 aliphatic carbocycles. The maximum atomic E-state index is 5.67. The highest BCUT2D eigenvalue weighted by Gasteiger charge is 2.07. The van der Waals surface area contributed by atoms with Crippen LogP contribution in [-0.2, 0) is 13.5 Å². The molecule has 2 aromatic rings. The lowest BCUT2D eigenvalue weighted by molar-refractivity contribution is 0.619. The Morgan fingerprint density at radius 1 is 1.33 bits per heavy atom. The molecule has 7 heteroatoms. The van der Waals surface area contributed by atoms with Gasteiger partial charge in [-0.2, -0.15) is 20.1 Å². The third-order valence-electron chi connectivity index (χ3n) is 2.24. The molecule has 0 unspecified atom stereocenters. The Balaban J connectivity index is 2.19. The van der Waals surface area contributed by atoms with E-state index < -0.39 is 0 Å². The molecule has 2 rings (SSSR count). The summed E-state index contributed by atoms with van der Waals surface area (Å²) in [5.74, 6) is 2.49. The number of nitrogens with two attached hydrogens (primary N) is 1. The van der Waals surface area contributed by atoms with E-state index in [9.17, 15) is 0 Å². The third-order valence-corrected chi connectivity index (χ3v) is 2.24. The Morgan fingerprint density at radius 3 is 2.72 bits per heavy atom. The number of hydrogen-bond acceptors (Lipinski definition) is 6. The molecule has 0 amide bonds. The second-order valence-electron chi connectivity index (χ2n) is 4.53. The first-order valence-electron chi connectivity index (χ1n) is 5.80. The molecule has 2 heterocycles. The van der Waals surface area contributed by atoms with Gasteiger partial charge in [-0.25, -0.2) is 0 Å². The fourth-order valence-corrected chi connectivity index (χ4v) is 1.55. The van der Waals surface area contributed by atoms with Gasteiger partial charge in [0.05, 0.1) is 0 Å². The number of aryl methyl sites for hydroxylation is 1. The van der Waals surface area contributed by atoms with Crippen molar-refractivity contribution in [1.29, 1.82) is 0 Å². The Hall–Kier alpha value is -2.18. The molecule has 3 N–H and O–H groups in total. The minimum Gasteiger partial charge on any atom is -0.368 e. The standard InChI is InChI=1S/C11H17N7/c1-7(2)6-9-13-10(12)16-11(15-9)14-8-4-5-18(3)17-8/h4-5,7H,6H2,1-3H3,(H3,12,13,14,15,16,17). The second kappa shape index (κ2) is 4.99. The fraction of sp³-hybridized carbons (Fsp3) is 0.455. The summed E-state index contributed by atoms with van der Waals surface area (Å²) in [6, 6.07) is 1.84. The molecular formula is C11H17N7. The molecule has 0 bridgehead atoms. The van der Waals surface area contributed by atoms with Crippen LogP contribution in [0.4, 0.5) is 17.7 Å². The average Bonchev–Trinajstić information content (AvgIpc) is 2.61. The van der Waals surface area contributed by atoms with Crippen molar-refractivity contribution < 1.29 is 0 Å². The van der Waals surface area contributed by atoms with Crippen LogP contribution in [0.25, 0.3) is 0 Å². The van der Waals surface area contributed by atoms with Crippen LogP contribution < -0.4 is 11.1 Å². The summed E-state index contributed by atoms with van der Waals surface area (Å²) in [5, 5.41) is 7.20. The summed E-state index contributed by atoms with van der Waals surface area (Å²) in [6.45, 7) is 4.21. The molecule has 0 fully saturated rings. The second-order valence-corrected chi connectivity index (χ2v) is 4.53. The highest BCUT2D eigenvalue weighted by atomic mass is 15.3. The number of nitrogen functional groups attached to an aromatic ring is 1. The largest absolute Gasteiger partial charge is 0.368 e. The zero-order chi connectivity index (χ0) is 13.1. The van der Waals surface area contributed by atoms with Gasteiger partial charge in [0.2, 0.25) is 11.9 Å². The summed E-state index contributed by atoms with van der Waals surface area (Å²) in [6.07, 6.45) is 2.60. The van der Waals surface area contributed by atoms with Crippen LogP contribution in [0.1, 0.15) is 19.7 Å². The predicted molar refractivity (Wildman–Crippen MR) is 69.3 cm³/mol. The number of nitrogens with zero attached hydrogens (tertiary/aromatic N) is 5. The van der Waals surface area contributed by atoms with Gasteiger partial charge < -0.3 is 11.1 Å². The number of anilines is 3. The van der Waals surface area contributed by atoms with Crippen molar-refractivity contribution in [3.63, 3.8) is 0 Å². The third kappa shape index (κ3) is 3.16.